The van der Waals surface area contributed by atoms with Crippen LogP contribution in [0.15, 0.2) is 54.6 Å². The minimum atomic E-state index is -0.153. The number of rotatable bonds is 8. The Morgan fingerprint density at radius 2 is 1.64 bits per heavy atom. The van der Waals surface area contributed by atoms with E-state index >= 15 is 0 Å². The molecule has 5 nitrogen and oxygen atoms in total. The number of benzene rings is 2. The van der Waals surface area contributed by atoms with Gasteiger partial charge in [-0.25, -0.2) is 4.79 Å². The lowest BCUT2D eigenvalue weighted by molar-refractivity contribution is 0.210. The van der Waals surface area contributed by atoms with Crippen LogP contribution in [0.2, 0.25) is 0 Å². The van der Waals surface area contributed by atoms with Crippen LogP contribution < -0.4 is 15.5 Å². The van der Waals surface area contributed by atoms with Crippen molar-refractivity contribution in [3.05, 3.63) is 60.2 Å². The second-order valence-corrected chi connectivity index (χ2v) is 7.19. The van der Waals surface area contributed by atoms with E-state index in [4.69, 9.17) is 0 Å². The topological polar surface area (TPSA) is 47.6 Å². The van der Waals surface area contributed by atoms with Gasteiger partial charge in [0.05, 0.1) is 17.4 Å². The first-order chi connectivity index (χ1) is 13.7. The first-order valence-corrected chi connectivity index (χ1v) is 10.4. The molecule has 1 heterocycles. The highest BCUT2D eigenvalue weighted by atomic mass is 16.2. The number of anilines is 2. The minimum Gasteiger partial charge on any atom is -0.370 e. The van der Waals surface area contributed by atoms with Gasteiger partial charge in [0.1, 0.15) is 0 Å². The van der Waals surface area contributed by atoms with Crippen molar-refractivity contribution in [2.24, 2.45) is 0 Å². The van der Waals surface area contributed by atoms with E-state index in [9.17, 15) is 4.79 Å². The molecule has 0 spiro atoms. The molecule has 3 rings (SSSR count). The summed E-state index contributed by atoms with van der Waals surface area (Å²) in [6, 6.07) is 18.5. The lowest BCUT2D eigenvalue weighted by atomic mass is 10.1. The molecule has 2 N–H and O–H groups in total. The maximum atomic E-state index is 12.7. The van der Waals surface area contributed by atoms with Gasteiger partial charge < -0.3 is 15.5 Å². The maximum Gasteiger partial charge on any atom is 0.319 e. The summed E-state index contributed by atoms with van der Waals surface area (Å²) in [5.41, 5.74) is 3.21. The van der Waals surface area contributed by atoms with Gasteiger partial charge >= 0.3 is 6.03 Å². The number of nitrogens with zero attached hydrogens (tertiary/aromatic N) is 2. The molecular formula is C23H32N4O. The van der Waals surface area contributed by atoms with E-state index in [0.717, 1.165) is 37.6 Å². The second-order valence-electron chi connectivity index (χ2n) is 7.19. The van der Waals surface area contributed by atoms with Crippen LogP contribution in [0.1, 0.15) is 38.3 Å². The standard InChI is InChI=1S/C23H32N4O/c1-3-26(4-2)22(19-12-6-5-7-13-19)18-24-23(28)25-20-14-8-9-15-21(20)27-16-10-11-17-27/h5-9,12-15,22H,3-4,10-11,16-18H2,1-2H3,(H2,24,25,28). The van der Waals surface area contributed by atoms with Crippen LogP contribution in [0, 0.1) is 0 Å². The van der Waals surface area contributed by atoms with Gasteiger partial charge in [-0.15, -0.1) is 0 Å². The molecule has 1 unspecified atom stereocenters. The van der Waals surface area contributed by atoms with Crippen LogP contribution in [-0.4, -0.2) is 43.7 Å². The van der Waals surface area contributed by atoms with Crippen LogP contribution in [0.25, 0.3) is 0 Å². The number of carbonyl (C=O) groups is 1. The highest BCUT2D eigenvalue weighted by Crippen LogP contribution is 2.28. The fourth-order valence-electron chi connectivity index (χ4n) is 3.97. The molecule has 1 aliphatic rings. The Morgan fingerprint density at radius 1 is 1.00 bits per heavy atom. The smallest absolute Gasteiger partial charge is 0.319 e. The Labute approximate surface area is 168 Å². The number of hydrogen-bond donors (Lipinski definition) is 2. The van der Waals surface area contributed by atoms with E-state index < -0.39 is 0 Å². The van der Waals surface area contributed by atoms with Crippen molar-refractivity contribution in [3.63, 3.8) is 0 Å². The van der Waals surface area contributed by atoms with E-state index in [-0.39, 0.29) is 12.1 Å². The van der Waals surface area contributed by atoms with Crippen LogP contribution in [0.3, 0.4) is 0 Å². The largest absolute Gasteiger partial charge is 0.370 e. The zero-order chi connectivity index (χ0) is 19.8. The maximum absolute atomic E-state index is 12.7. The molecule has 1 atom stereocenters. The Balaban J connectivity index is 1.65. The third kappa shape index (κ3) is 5.04. The molecule has 28 heavy (non-hydrogen) atoms. The lowest BCUT2D eigenvalue weighted by Crippen LogP contribution is -2.39. The van der Waals surface area contributed by atoms with Crippen molar-refractivity contribution in [1.82, 2.24) is 10.2 Å². The first-order valence-electron chi connectivity index (χ1n) is 10.4. The van der Waals surface area contributed by atoms with E-state index in [1.165, 1.54) is 18.4 Å². The molecule has 0 aliphatic carbocycles. The summed E-state index contributed by atoms with van der Waals surface area (Å²) in [6.07, 6.45) is 2.42. The molecule has 2 aromatic carbocycles. The van der Waals surface area contributed by atoms with Gasteiger partial charge in [-0.05, 0) is 43.6 Å². The Morgan fingerprint density at radius 3 is 2.32 bits per heavy atom. The summed E-state index contributed by atoms with van der Waals surface area (Å²) < 4.78 is 0. The van der Waals surface area contributed by atoms with Crippen LogP contribution in [-0.2, 0) is 0 Å². The van der Waals surface area contributed by atoms with Crippen molar-refractivity contribution in [2.75, 3.05) is 42.9 Å². The third-order valence-electron chi connectivity index (χ3n) is 5.49. The zero-order valence-electron chi connectivity index (χ0n) is 17.0. The Bertz CT molecular complexity index is 739. The monoisotopic (exact) mass is 380 g/mol. The average molecular weight is 381 g/mol. The summed E-state index contributed by atoms with van der Waals surface area (Å²) in [4.78, 5) is 17.4. The second kappa shape index (κ2) is 10.1. The van der Waals surface area contributed by atoms with Crippen molar-refractivity contribution in [2.45, 2.75) is 32.7 Å². The van der Waals surface area contributed by atoms with Gasteiger partial charge in [0.15, 0.2) is 0 Å². The number of hydrogen-bond acceptors (Lipinski definition) is 3. The lowest BCUT2D eigenvalue weighted by Gasteiger charge is -2.30. The van der Waals surface area contributed by atoms with Gasteiger partial charge in [0.25, 0.3) is 0 Å². The molecule has 1 aliphatic heterocycles. The van der Waals surface area contributed by atoms with Gasteiger partial charge in [-0.3, -0.25) is 4.90 Å². The summed E-state index contributed by atoms with van der Waals surface area (Å²) >= 11 is 0. The molecule has 0 saturated carbocycles. The van der Waals surface area contributed by atoms with E-state index in [1.54, 1.807) is 0 Å². The molecular weight excluding hydrogens is 348 g/mol. The molecule has 5 heteroatoms. The molecule has 2 aromatic rings. The van der Waals surface area contributed by atoms with Crippen molar-refractivity contribution in [3.8, 4) is 0 Å². The predicted molar refractivity (Wildman–Crippen MR) is 117 cm³/mol. The highest BCUT2D eigenvalue weighted by Gasteiger charge is 2.20. The van der Waals surface area contributed by atoms with Crippen molar-refractivity contribution in [1.29, 1.82) is 0 Å². The van der Waals surface area contributed by atoms with Gasteiger partial charge in [-0.1, -0.05) is 56.3 Å². The first kappa shape index (κ1) is 20.2. The average Bonchev–Trinajstić information content (AvgIpc) is 3.27. The van der Waals surface area contributed by atoms with Crippen LogP contribution >= 0.6 is 0 Å². The fraction of sp³-hybridized carbons (Fsp3) is 0.435. The number of amides is 2. The number of carbonyl (C=O) groups excluding carboxylic acids is 1. The van der Waals surface area contributed by atoms with Gasteiger partial charge in [0, 0.05) is 19.6 Å². The molecule has 1 saturated heterocycles. The van der Waals surface area contributed by atoms with Crippen molar-refractivity contribution >= 4 is 17.4 Å². The molecule has 0 aromatic heterocycles. The molecule has 1 fully saturated rings. The Hall–Kier alpha value is -2.53. The predicted octanol–water partition coefficient (Wildman–Crippen LogP) is 4.49. The number of nitrogens with one attached hydrogen (secondary N) is 2. The Kier molecular flexibility index (Phi) is 7.31. The quantitative estimate of drug-likeness (QED) is 0.709. The molecule has 2 amide bonds. The highest BCUT2D eigenvalue weighted by molar-refractivity contribution is 5.93. The molecule has 150 valence electrons. The number of urea groups is 1. The molecule has 0 bridgehead atoms. The fourth-order valence-corrected chi connectivity index (χ4v) is 3.97. The van der Waals surface area contributed by atoms with E-state index in [2.05, 4.69) is 64.6 Å². The third-order valence-corrected chi connectivity index (χ3v) is 5.49. The van der Waals surface area contributed by atoms with E-state index in [0.29, 0.717) is 6.54 Å². The van der Waals surface area contributed by atoms with Crippen molar-refractivity contribution < 1.29 is 4.79 Å². The number of likely N-dealkylation sites (N-methyl/N-ethyl adjacent to an activating group) is 1. The van der Waals surface area contributed by atoms with E-state index in [1.807, 2.05) is 24.3 Å². The van der Waals surface area contributed by atoms with Crippen LogP contribution in [0.5, 0.6) is 0 Å². The van der Waals surface area contributed by atoms with Crippen LogP contribution in [0.4, 0.5) is 16.2 Å². The van der Waals surface area contributed by atoms with Gasteiger partial charge in [-0.2, -0.15) is 0 Å². The summed E-state index contributed by atoms with van der Waals surface area (Å²) in [6.45, 7) is 8.88. The zero-order valence-corrected chi connectivity index (χ0v) is 17.0. The molecule has 0 radical (unpaired) electrons. The summed E-state index contributed by atoms with van der Waals surface area (Å²) in [5, 5.41) is 6.15. The van der Waals surface area contributed by atoms with Gasteiger partial charge in [0.2, 0.25) is 0 Å². The minimum absolute atomic E-state index is 0.153. The number of para-hydroxylation sites is 2. The summed E-state index contributed by atoms with van der Waals surface area (Å²) in [5.74, 6) is 0. The summed E-state index contributed by atoms with van der Waals surface area (Å²) in [7, 11) is 0. The SMILES string of the molecule is CCN(CC)C(CNC(=O)Nc1ccccc1N1CCCC1)c1ccccc1. The normalized spacial score (nSPS) is 14.9.